The molecule has 150 valence electrons. The Kier molecular flexibility index (Phi) is 4.92. The minimum Gasteiger partial charge on any atom is -0.496 e. The zero-order valence-electron chi connectivity index (χ0n) is 14.9. The number of halogens is 4. The fourth-order valence-corrected chi connectivity index (χ4v) is 4.67. The smallest absolute Gasteiger partial charge is 0.407 e. The maximum absolute atomic E-state index is 12.9. The van der Waals surface area contributed by atoms with Gasteiger partial charge >= 0.3 is 6.18 Å². The number of thiophene rings is 1. The van der Waals surface area contributed by atoms with E-state index in [0.29, 0.717) is 31.6 Å². The third kappa shape index (κ3) is 3.33. The fourth-order valence-electron chi connectivity index (χ4n) is 3.36. The van der Waals surface area contributed by atoms with Crippen molar-refractivity contribution in [3.05, 3.63) is 62.2 Å². The highest BCUT2D eigenvalue weighted by Crippen LogP contribution is 2.43. The lowest BCUT2D eigenvalue weighted by Crippen LogP contribution is -2.28. The molecule has 0 aliphatic carbocycles. The van der Waals surface area contributed by atoms with E-state index >= 15 is 0 Å². The second-order valence-electron chi connectivity index (χ2n) is 6.44. The van der Waals surface area contributed by atoms with Gasteiger partial charge in [-0.2, -0.15) is 13.2 Å². The monoisotopic (exact) mass is 482 g/mol. The highest BCUT2D eigenvalue weighted by molar-refractivity contribution is 9.10. The predicted molar refractivity (Wildman–Crippen MR) is 113 cm³/mol. The molecular formula is C20H14BrF3N2O2S. The summed E-state index contributed by atoms with van der Waals surface area (Å²) in [6, 6.07) is 7.39. The lowest BCUT2D eigenvalue weighted by molar-refractivity contribution is -0.149. The Morgan fingerprint density at radius 2 is 1.90 bits per heavy atom. The van der Waals surface area contributed by atoms with Gasteiger partial charge in [0.05, 0.1) is 12.6 Å². The molecular weight excluding hydrogens is 469 g/mol. The Balaban J connectivity index is 2.02. The van der Waals surface area contributed by atoms with Crippen LogP contribution in [-0.2, 0) is 0 Å². The van der Waals surface area contributed by atoms with E-state index in [1.807, 2.05) is 11.4 Å². The largest absolute Gasteiger partial charge is 0.496 e. The van der Waals surface area contributed by atoms with Crippen molar-refractivity contribution >= 4 is 48.3 Å². The summed E-state index contributed by atoms with van der Waals surface area (Å²) >= 11 is 4.79. The number of alkyl halides is 3. The van der Waals surface area contributed by atoms with Gasteiger partial charge in [0.15, 0.2) is 0 Å². The average Bonchev–Trinajstić information content (AvgIpc) is 3.18. The van der Waals surface area contributed by atoms with Crippen molar-refractivity contribution in [1.29, 1.82) is 0 Å². The Morgan fingerprint density at radius 3 is 2.52 bits per heavy atom. The molecule has 0 fully saturated rings. The van der Waals surface area contributed by atoms with Gasteiger partial charge < -0.3 is 15.5 Å². The van der Waals surface area contributed by atoms with Crippen LogP contribution in [0.25, 0.3) is 32.1 Å². The van der Waals surface area contributed by atoms with Crippen molar-refractivity contribution in [2.75, 3.05) is 7.11 Å². The molecule has 0 radical (unpaired) electrons. The molecule has 0 amide bonds. The third-order valence-electron chi connectivity index (χ3n) is 4.75. The maximum atomic E-state index is 12.9. The molecule has 0 aliphatic heterocycles. The van der Waals surface area contributed by atoms with E-state index in [2.05, 4.69) is 20.9 Å². The van der Waals surface area contributed by atoms with Gasteiger partial charge in [0, 0.05) is 20.8 Å². The molecule has 9 heteroatoms. The van der Waals surface area contributed by atoms with Crippen LogP contribution in [0.2, 0.25) is 0 Å². The summed E-state index contributed by atoms with van der Waals surface area (Å²) in [5.74, 6) is 0.525. The standard InChI is InChI=1S/C20H14BrF3N2O2S/c1-28-13-8-12(21)16-15(11-6-7-29-17(11)19(27)26-16)14(13)9-2-4-10(5-3-9)18(25)20(22,23)24/h2-8,18H,25H2,1H3,(H,26,27). The summed E-state index contributed by atoms with van der Waals surface area (Å²) < 4.78 is 45.5. The average molecular weight is 483 g/mol. The Labute approximate surface area is 175 Å². The quantitative estimate of drug-likeness (QED) is 0.391. The number of aromatic nitrogens is 1. The van der Waals surface area contributed by atoms with E-state index < -0.39 is 12.2 Å². The van der Waals surface area contributed by atoms with Crippen molar-refractivity contribution in [3.63, 3.8) is 0 Å². The maximum Gasteiger partial charge on any atom is 0.407 e. The molecule has 0 bridgehead atoms. The summed E-state index contributed by atoms with van der Waals surface area (Å²) in [4.78, 5) is 15.3. The lowest BCUT2D eigenvalue weighted by Gasteiger charge is -2.18. The van der Waals surface area contributed by atoms with Gasteiger partial charge in [0.1, 0.15) is 16.5 Å². The predicted octanol–water partition coefficient (Wildman–Crippen LogP) is 5.74. The highest BCUT2D eigenvalue weighted by atomic mass is 79.9. The number of fused-ring (bicyclic) bond motifs is 3. The normalized spacial score (nSPS) is 13.2. The van der Waals surface area contributed by atoms with Crippen molar-refractivity contribution in [2.45, 2.75) is 12.2 Å². The van der Waals surface area contributed by atoms with E-state index in [9.17, 15) is 18.0 Å². The van der Waals surface area contributed by atoms with E-state index in [0.717, 1.165) is 10.8 Å². The van der Waals surface area contributed by atoms with Gasteiger partial charge in [-0.15, -0.1) is 11.3 Å². The van der Waals surface area contributed by atoms with Crippen molar-refractivity contribution in [1.82, 2.24) is 4.98 Å². The Morgan fingerprint density at radius 1 is 1.21 bits per heavy atom. The van der Waals surface area contributed by atoms with Gasteiger partial charge in [-0.3, -0.25) is 4.79 Å². The summed E-state index contributed by atoms with van der Waals surface area (Å²) in [5, 5.41) is 3.32. The number of aromatic amines is 1. The number of H-pyrrole nitrogens is 1. The zero-order valence-corrected chi connectivity index (χ0v) is 17.3. The number of pyridine rings is 1. The molecule has 0 saturated heterocycles. The molecule has 1 unspecified atom stereocenters. The molecule has 2 aromatic heterocycles. The third-order valence-corrected chi connectivity index (χ3v) is 6.29. The first-order valence-corrected chi connectivity index (χ1v) is 10.1. The number of nitrogens with two attached hydrogens (primary N) is 1. The van der Waals surface area contributed by atoms with Gasteiger partial charge in [-0.05, 0) is 44.6 Å². The van der Waals surface area contributed by atoms with Crippen LogP contribution in [0.5, 0.6) is 5.75 Å². The van der Waals surface area contributed by atoms with Crippen LogP contribution < -0.4 is 16.0 Å². The van der Waals surface area contributed by atoms with Gasteiger partial charge in [-0.1, -0.05) is 24.3 Å². The number of methoxy groups -OCH3 is 1. The molecule has 0 saturated carbocycles. The van der Waals surface area contributed by atoms with Crippen LogP contribution in [0.3, 0.4) is 0 Å². The topological polar surface area (TPSA) is 68.1 Å². The first-order valence-electron chi connectivity index (χ1n) is 8.44. The van der Waals surface area contributed by atoms with E-state index in [-0.39, 0.29) is 11.1 Å². The van der Waals surface area contributed by atoms with E-state index in [1.54, 1.807) is 18.2 Å². The Bertz CT molecular complexity index is 1280. The van der Waals surface area contributed by atoms with Gasteiger partial charge in [0.25, 0.3) is 5.56 Å². The van der Waals surface area contributed by atoms with E-state index in [1.165, 1.54) is 30.6 Å². The van der Waals surface area contributed by atoms with Gasteiger partial charge in [0.2, 0.25) is 0 Å². The van der Waals surface area contributed by atoms with Crippen LogP contribution in [0.15, 0.2) is 51.0 Å². The van der Waals surface area contributed by atoms with Crippen LogP contribution in [-0.4, -0.2) is 18.3 Å². The first kappa shape index (κ1) is 19.9. The number of rotatable bonds is 3. The zero-order chi connectivity index (χ0) is 20.9. The van der Waals surface area contributed by atoms with Crippen LogP contribution in [0.1, 0.15) is 11.6 Å². The molecule has 2 heterocycles. The van der Waals surface area contributed by atoms with Gasteiger partial charge in [-0.25, -0.2) is 0 Å². The molecule has 4 rings (SSSR count). The van der Waals surface area contributed by atoms with Crippen LogP contribution >= 0.6 is 27.3 Å². The summed E-state index contributed by atoms with van der Waals surface area (Å²) in [6.07, 6.45) is -4.52. The minimum absolute atomic E-state index is 0.0317. The first-order chi connectivity index (χ1) is 13.7. The van der Waals surface area contributed by atoms with Crippen LogP contribution in [0.4, 0.5) is 13.2 Å². The molecule has 2 aromatic carbocycles. The van der Waals surface area contributed by atoms with Crippen molar-refractivity contribution in [2.24, 2.45) is 5.73 Å². The number of hydrogen-bond acceptors (Lipinski definition) is 4. The fraction of sp³-hybridized carbons (Fsp3) is 0.150. The number of ether oxygens (including phenoxy) is 1. The van der Waals surface area contributed by atoms with Crippen molar-refractivity contribution < 1.29 is 17.9 Å². The molecule has 0 aliphatic rings. The van der Waals surface area contributed by atoms with Crippen LogP contribution in [0, 0.1) is 0 Å². The number of hydrogen-bond donors (Lipinski definition) is 2. The molecule has 3 N–H and O–H groups in total. The Hall–Kier alpha value is -2.36. The molecule has 4 aromatic rings. The van der Waals surface area contributed by atoms with E-state index in [4.69, 9.17) is 10.5 Å². The summed E-state index contributed by atoms with van der Waals surface area (Å²) in [6.45, 7) is 0. The second-order valence-corrected chi connectivity index (χ2v) is 8.21. The van der Waals surface area contributed by atoms with Crippen molar-refractivity contribution in [3.8, 4) is 16.9 Å². The lowest BCUT2D eigenvalue weighted by atomic mass is 9.95. The highest BCUT2D eigenvalue weighted by Gasteiger charge is 2.37. The molecule has 4 nitrogen and oxygen atoms in total. The second kappa shape index (κ2) is 7.16. The number of benzene rings is 2. The summed E-state index contributed by atoms with van der Waals surface area (Å²) in [5.41, 5.74) is 6.99. The molecule has 0 spiro atoms. The summed E-state index contributed by atoms with van der Waals surface area (Å²) in [7, 11) is 1.52. The number of nitrogens with one attached hydrogen (secondary N) is 1. The SMILES string of the molecule is COc1cc(Br)c2[nH]c(=O)c3sccc3c2c1-c1ccc(C(N)C(F)(F)F)cc1. The molecule has 29 heavy (non-hydrogen) atoms. The minimum atomic E-state index is -4.52. The molecule has 1 atom stereocenters.